The second-order valence-corrected chi connectivity index (χ2v) is 6.41. The van der Waals surface area contributed by atoms with Gasteiger partial charge in [-0.25, -0.2) is 13.2 Å². The van der Waals surface area contributed by atoms with Crippen molar-refractivity contribution in [2.45, 2.75) is 64.9 Å². The van der Waals surface area contributed by atoms with E-state index in [-0.39, 0.29) is 18.5 Å². The van der Waals surface area contributed by atoms with Crippen molar-refractivity contribution in [1.29, 1.82) is 0 Å². The van der Waals surface area contributed by atoms with Crippen LogP contribution in [0.1, 0.15) is 63.5 Å². The molecule has 0 spiro atoms. The Hall–Kier alpha value is -1.23. The Balaban J connectivity index is 1.97. The molecule has 136 valence electrons. The fourth-order valence-electron chi connectivity index (χ4n) is 3.34. The van der Waals surface area contributed by atoms with Gasteiger partial charge in [0, 0.05) is 6.61 Å². The average molecular weight is 344 g/mol. The summed E-state index contributed by atoms with van der Waals surface area (Å²) >= 11 is 0. The molecule has 0 aromatic heterocycles. The third-order valence-electron chi connectivity index (χ3n) is 4.63. The quantitative estimate of drug-likeness (QED) is 0.603. The van der Waals surface area contributed by atoms with Gasteiger partial charge in [-0.1, -0.05) is 19.4 Å². The van der Waals surface area contributed by atoms with Crippen molar-refractivity contribution in [3.05, 3.63) is 29.1 Å². The highest BCUT2D eigenvalue weighted by Gasteiger charge is 2.24. The predicted molar refractivity (Wildman–Crippen MR) is 88.2 cm³/mol. The Morgan fingerprint density at radius 2 is 2.00 bits per heavy atom. The maximum Gasteiger partial charge on any atom is 0.270 e. The molecule has 0 bridgehead atoms. The summed E-state index contributed by atoms with van der Waals surface area (Å²) in [6.07, 6.45) is 2.71. The molecular formula is C19H27F3O2. The van der Waals surface area contributed by atoms with Crippen molar-refractivity contribution in [2.24, 2.45) is 5.92 Å². The number of aryl methyl sites for hydroxylation is 1. The summed E-state index contributed by atoms with van der Waals surface area (Å²) in [6.45, 7) is 4.84. The maximum absolute atomic E-state index is 14.4. The van der Waals surface area contributed by atoms with Crippen LogP contribution in [0, 0.1) is 11.7 Å². The normalized spacial score (nSPS) is 21.2. The number of halogens is 3. The molecule has 1 heterocycles. The second kappa shape index (κ2) is 9.30. The molecule has 1 fully saturated rings. The maximum atomic E-state index is 14.4. The van der Waals surface area contributed by atoms with Crippen LogP contribution >= 0.6 is 0 Å². The van der Waals surface area contributed by atoms with Gasteiger partial charge < -0.3 is 9.47 Å². The summed E-state index contributed by atoms with van der Waals surface area (Å²) in [4.78, 5) is 0. The summed E-state index contributed by atoms with van der Waals surface area (Å²) in [6, 6.07) is 3.00. The summed E-state index contributed by atoms with van der Waals surface area (Å²) in [5.41, 5.74) is -0.310. The summed E-state index contributed by atoms with van der Waals surface area (Å²) in [5.74, 6) is -0.278. The van der Waals surface area contributed by atoms with Crippen LogP contribution < -0.4 is 4.74 Å². The average Bonchev–Trinajstić information content (AvgIpc) is 2.56. The van der Waals surface area contributed by atoms with Gasteiger partial charge >= 0.3 is 0 Å². The van der Waals surface area contributed by atoms with Gasteiger partial charge in [0.25, 0.3) is 6.43 Å². The lowest BCUT2D eigenvalue weighted by atomic mass is 9.92. The van der Waals surface area contributed by atoms with Crippen LogP contribution in [0.3, 0.4) is 0 Å². The van der Waals surface area contributed by atoms with Gasteiger partial charge in [-0.2, -0.15) is 0 Å². The van der Waals surface area contributed by atoms with E-state index in [1.54, 1.807) is 13.0 Å². The summed E-state index contributed by atoms with van der Waals surface area (Å²) in [7, 11) is 0. The number of alkyl halides is 2. The minimum absolute atomic E-state index is 0.0647. The van der Waals surface area contributed by atoms with Crippen LogP contribution in [-0.4, -0.2) is 19.3 Å². The molecule has 5 heteroatoms. The van der Waals surface area contributed by atoms with Crippen molar-refractivity contribution in [3.8, 4) is 5.75 Å². The monoisotopic (exact) mass is 344 g/mol. The van der Waals surface area contributed by atoms with E-state index in [1.165, 1.54) is 12.5 Å². The molecule has 2 rings (SSSR count). The van der Waals surface area contributed by atoms with Crippen LogP contribution in [-0.2, 0) is 11.2 Å². The van der Waals surface area contributed by atoms with Gasteiger partial charge in [-0.15, -0.1) is 0 Å². The topological polar surface area (TPSA) is 18.5 Å². The van der Waals surface area contributed by atoms with Crippen molar-refractivity contribution in [2.75, 3.05) is 13.2 Å². The molecule has 0 amide bonds. The minimum atomic E-state index is -2.88. The lowest BCUT2D eigenvalue weighted by Crippen LogP contribution is -2.26. The van der Waals surface area contributed by atoms with Crippen LogP contribution in [0.2, 0.25) is 0 Å². The lowest BCUT2D eigenvalue weighted by Gasteiger charge is -2.29. The number of rotatable bonds is 8. The first-order chi connectivity index (χ1) is 11.6. The van der Waals surface area contributed by atoms with Gasteiger partial charge in [0.15, 0.2) is 0 Å². The number of hydrogen-bond acceptors (Lipinski definition) is 2. The Morgan fingerprint density at radius 3 is 2.58 bits per heavy atom. The number of ether oxygens (including phenoxy) is 2. The Bertz CT molecular complexity index is 512. The van der Waals surface area contributed by atoms with Crippen LogP contribution in [0.5, 0.6) is 5.75 Å². The third-order valence-corrected chi connectivity index (χ3v) is 4.63. The second-order valence-electron chi connectivity index (χ2n) is 6.41. The standard InChI is InChI=1S/C19H27F3O2/c1-3-5-13-6-9-15(24-12-13)10-7-14-8-11-16(23-4-2)17(18(14)20)19(21)22/h8,11,13,15,19H,3-7,9-10,12H2,1-2H3. The third kappa shape index (κ3) is 4.88. The molecule has 1 aliphatic rings. The molecule has 1 aromatic carbocycles. The van der Waals surface area contributed by atoms with Crippen molar-refractivity contribution >= 4 is 0 Å². The molecule has 0 radical (unpaired) electrons. The highest BCUT2D eigenvalue weighted by molar-refractivity contribution is 5.40. The molecule has 0 saturated carbocycles. The molecular weight excluding hydrogens is 317 g/mol. The van der Waals surface area contributed by atoms with E-state index in [4.69, 9.17) is 9.47 Å². The Labute approximate surface area is 142 Å². The number of hydrogen-bond donors (Lipinski definition) is 0. The fourth-order valence-corrected chi connectivity index (χ4v) is 3.34. The van der Waals surface area contributed by atoms with Crippen molar-refractivity contribution in [3.63, 3.8) is 0 Å². The van der Waals surface area contributed by atoms with E-state index >= 15 is 0 Å². The minimum Gasteiger partial charge on any atom is -0.493 e. The fraction of sp³-hybridized carbons (Fsp3) is 0.684. The number of benzene rings is 1. The van der Waals surface area contributed by atoms with E-state index in [1.807, 2.05) is 0 Å². The summed E-state index contributed by atoms with van der Waals surface area (Å²) < 4.78 is 51.7. The SMILES string of the molecule is CCCC1CCC(CCc2ccc(OCC)c(C(F)F)c2F)OC1. The first kappa shape index (κ1) is 19.1. The van der Waals surface area contributed by atoms with E-state index < -0.39 is 17.8 Å². The molecule has 2 atom stereocenters. The molecule has 2 unspecified atom stereocenters. The largest absolute Gasteiger partial charge is 0.493 e. The van der Waals surface area contributed by atoms with E-state index in [2.05, 4.69) is 6.92 Å². The molecule has 1 aliphatic heterocycles. The Morgan fingerprint density at radius 1 is 1.21 bits per heavy atom. The highest BCUT2D eigenvalue weighted by atomic mass is 19.3. The smallest absolute Gasteiger partial charge is 0.270 e. The molecule has 2 nitrogen and oxygen atoms in total. The van der Waals surface area contributed by atoms with E-state index in [0.29, 0.717) is 24.3 Å². The first-order valence-corrected chi connectivity index (χ1v) is 8.90. The van der Waals surface area contributed by atoms with Crippen molar-refractivity contribution < 1.29 is 22.6 Å². The molecule has 1 saturated heterocycles. The Kier molecular flexibility index (Phi) is 7.40. The van der Waals surface area contributed by atoms with Gasteiger partial charge in [0.05, 0.1) is 18.3 Å². The molecule has 0 N–H and O–H groups in total. The molecule has 0 aliphatic carbocycles. The van der Waals surface area contributed by atoms with Gasteiger partial charge in [0.1, 0.15) is 11.6 Å². The van der Waals surface area contributed by atoms with E-state index in [9.17, 15) is 13.2 Å². The lowest BCUT2D eigenvalue weighted by molar-refractivity contribution is -0.0216. The van der Waals surface area contributed by atoms with Crippen LogP contribution in [0.4, 0.5) is 13.2 Å². The zero-order chi connectivity index (χ0) is 17.5. The highest BCUT2D eigenvalue weighted by Crippen LogP contribution is 2.34. The van der Waals surface area contributed by atoms with Gasteiger partial charge in [0.2, 0.25) is 0 Å². The molecule has 24 heavy (non-hydrogen) atoms. The van der Waals surface area contributed by atoms with Crippen LogP contribution in [0.25, 0.3) is 0 Å². The van der Waals surface area contributed by atoms with Crippen molar-refractivity contribution in [1.82, 2.24) is 0 Å². The summed E-state index contributed by atoms with van der Waals surface area (Å²) in [5, 5.41) is 0. The molecule has 1 aromatic rings. The van der Waals surface area contributed by atoms with Gasteiger partial charge in [-0.3, -0.25) is 0 Å². The zero-order valence-electron chi connectivity index (χ0n) is 14.5. The zero-order valence-corrected chi connectivity index (χ0v) is 14.5. The predicted octanol–water partition coefficient (Wildman–Crippen LogP) is 5.69. The van der Waals surface area contributed by atoms with Gasteiger partial charge in [-0.05, 0) is 56.6 Å². The van der Waals surface area contributed by atoms with E-state index in [0.717, 1.165) is 25.9 Å². The van der Waals surface area contributed by atoms with Crippen LogP contribution in [0.15, 0.2) is 12.1 Å². The first-order valence-electron chi connectivity index (χ1n) is 8.90.